The molecule has 0 radical (unpaired) electrons. The highest BCUT2D eigenvalue weighted by Crippen LogP contribution is 2.25. The Morgan fingerprint density at radius 1 is 1.43 bits per heavy atom. The fourth-order valence-corrected chi connectivity index (χ4v) is 3.44. The van der Waals surface area contributed by atoms with Crippen LogP contribution in [0, 0.1) is 0 Å². The van der Waals surface area contributed by atoms with Crippen LogP contribution in [0.2, 0.25) is 0 Å². The number of hydrogen-bond donors (Lipinski definition) is 0. The normalized spacial score (nSPS) is 27.0. The van der Waals surface area contributed by atoms with E-state index in [1.54, 1.807) is 10.8 Å². The molecule has 2 aliphatic rings. The van der Waals surface area contributed by atoms with Crippen molar-refractivity contribution in [3.63, 3.8) is 0 Å². The summed E-state index contributed by atoms with van der Waals surface area (Å²) in [6.45, 7) is 7.65. The summed E-state index contributed by atoms with van der Waals surface area (Å²) in [4.78, 5) is 21.2. The van der Waals surface area contributed by atoms with E-state index in [9.17, 15) is 4.79 Å². The van der Waals surface area contributed by atoms with E-state index in [4.69, 9.17) is 4.74 Å². The van der Waals surface area contributed by atoms with Crippen LogP contribution in [0.5, 0.6) is 0 Å². The molecule has 2 aliphatic heterocycles. The molecule has 21 heavy (non-hydrogen) atoms. The first-order chi connectivity index (χ1) is 10.1. The Kier molecular flexibility index (Phi) is 3.99. The van der Waals surface area contributed by atoms with Gasteiger partial charge in [-0.3, -0.25) is 9.69 Å². The van der Waals surface area contributed by atoms with Crippen molar-refractivity contribution in [2.24, 2.45) is 7.05 Å². The van der Waals surface area contributed by atoms with Crippen molar-refractivity contribution in [1.82, 2.24) is 19.4 Å². The molecule has 0 aliphatic carbocycles. The van der Waals surface area contributed by atoms with Gasteiger partial charge in [0, 0.05) is 45.1 Å². The molecule has 1 amide bonds. The first-order valence-electron chi connectivity index (χ1n) is 7.72. The second-order valence-electron chi connectivity index (χ2n) is 6.21. The summed E-state index contributed by atoms with van der Waals surface area (Å²) in [5.41, 5.74) is 0. The standard InChI is InChI=1S/C15H24N4O2/c1-11(2)19-8-9-21-13-4-6-18(10-12(13)19)15(20)14-16-5-7-17(14)3/h5,7,11-13H,4,6,8-10H2,1-3H3/t12-,13-/m1/s1. The van der Waals surface area contributed by atoms with Crippen molar-refractivity contribution in [3.05, 3.63) is 18.2 Å². The number of aryl methyl sites for hydroxylation is 1. The maximum atomic E-state index is 12.6. The van der Waals surface area contributed by atoms with E-state index < -0.39 is 0 Å². The molecule has 2 atom stereocenters. The Labute approximate surface area is 125 Å². The lowest BCUT2D eigenvalue weighted by Gasteiger charge is -2.48. The molecule has 0 saturated carbocycles. The second-order valence-corrected chi connectivity index (χ2v) is 6.21. The summed E-state index contributed by atoms with van der Waals surface area (Å²) < 4.78 is 7.69. The number of imidazole rings is 1. The number of carbonyl (C=O) groups excluding carboxylic acids is 1. The van der Waals surface area contributed by atoms with Gasteiger partial charge in [0.25, 0.3) is 5.91 Å². The van der Waals surface area contributed by atoms with Gasteiger partial charge >= 0.3 is 0 Å². The van der Waals surface area contributed by atoms with E-state index in [-0.39, 0.29) is 12.0 Å². The lowest BCUT2D eigenvalue weighted by atomic mass is 9.97. The molecular weight excluding hydrogens is 268 g/mol. The number of amides is 1. The number of likely N-dealkylation sites (tertiary alicyclic amines) is 1. The zero-order valence-corrected chi connectivity index (χ0v) is 13.0. The number of piperidine rings is 1. The molecule has 3 heterocycles. The lowest BCUT2D eigenvalue weighted by molar-refractivity contribution is -0.107. The minimum absolute atomic E-state index is 0.0234. The summed E-state index contributed by atoms with van der Waals surface area (Å²) in [7, 11) is 1.86. The zero-order chi connectivity index (χ0) is 15.0. The van der Waals surface area contributed by atoms with Crippen LogP contribution < -0.4 is 0 Å². The van der Waals surface area contributed by atoms with E-state index in [1.165, 1.54) is 0 Å². The van der Waals surface area contributed by atoms with Gasteiger partial charge < -0.3 is 14.2 Å². The molecule has 0 bridgehead atoms. The molecule has 0 spiro atoms. The quantitative estimate of drug-likeness (QED) is 0.807. The third kappa shape index (κ3) is 2.70. The fraction of sp³-hybridized carbons (Fsp3) is 0.733. The lowest BCUT2D eigenvalue weighted by Crippen LogP contribution is -2.62. The number of carbonyl (C=O) groups is 1. The summed E-state index contributed by atoms with van der Waals surface area (Å²) >= 11 is 0. The van der Waals surface area contributed by atoms with Crippen LogP contribution in [0.25, 0.3) is 0 Å². The SMILES string of the molecule is CC(C)N1CCO[C@@H]2CCN(C(=O)c3nccn3C)C[C@H]21. The maximum absolute atomic E-state index is 12.6. The van der Waals surface area contributed by atoms with E-state index in [0.717, 1.165) is 32.7 Å². The predicted octanol–water partition coefficient (Wildman–Crippen LogP) is 0.744. The van der Waals surface area contributed by atoms with E-state index in [0.29, 0.717) is 17.9 Å². The minimum atomic E-state index is 0.0234. The zero-order valence-electron chi connectivity index (χ0n) is 13.0. The highest BCUT2D eigenvalue weighted by atomic mass is 16.5. The molecule has 6 heteroatoms. The molecule has 0 aromatic carbocycles. The predicted molar refractivity (Wildman–Crippen MR) is 79.1 cm³/mol. The number of nitrogens with zero attached hydrogens (tertiary/aromatic N) is 4. The van der Waals surface area contributed by atoms with E-state index in [1.807, 2.05) is 18.1 Å². The Hall–Kier alpha value is -1.40. The van der Waals surface area contributed by atoms with Crippen LogP contribution in [0.4, 0.5) is 0 Å². The number of ether oxygens (including phenoxy) is 1. The Morgan fingerprint density at radius 3 is 2.90 bits per heavy atom. The molecule has 6 nitrogen and oxygen atoms in total. The molecule has 116 valence electrons. The van der Waals surface area contributed by atoms with Gasteiger partial charge in [0.1, 0.15) is 0 Å². The molecule has 1 aromatic heterocycles. The smallest absolute Gasteiger partial charge is 0.289 e. The van der Waals surface area contributed by atoms with Gasteiger partial charge in [0.15, 0.2) is 5.82 Å². The fourth-order valence-electron chi connectivity index (χ4n) is 3.44. The summed E-state index contributed by atoms with van der Waals surface area (Å²) in [5.74, 6) is 0.538. The van der Waals surface area contributed by atoms with Crippen LogP contribution in [-0.2, 0) is 11.8 Å². The van der Waals surface area contributed by atoms with Crippen molar-refractivity contribution in [3.8, 4) is 0 Å². The highest BCUT2D eigenvalue weighted by molar-refractivity contribution is 5.90. The van der Waals surface area contributed by atoms with Crippen LogP contribution in [0.15, 0.2) is 12.4 Å². The van der Waals surface area contributed by atoms with E-state index in [2.05, 4.69) is 23.7 Å². The van der Waals surface area contributed by atoms with Gasteiger partial charge in [-0.15, -0.1) is 0 Å². The summed E-state index contributed by atoms with van der Waals surface area (Å²) in [6, 6.07) is 0.779. The van der Waals surface area contributed by atoms with Crippen molar-refractivity contribution in [2.45, 2.75) is 38.5 Å². The molecule has 2 fully saturated rings. The Balaban J connectivity index is 1.75. The average Bonchev–Trinajstić information content (AvgIpc) is 2.91. The number of aromatic nitrogens is 2. The summed E-state index contributed by atoms with van der Waals surface area (Å²) in [6.07, 6.45) is 4.64. The van der Waals surface area contributed by atoms with Crippen molar-refractivity contribution in [2.75, 3.05) is 26.2 Å². The Bertz CT molecular complexity index is 514. The largest absolute Gasteiger partial charge is 0.375 e. The van der Waals surface area contributed by atoms with Crippen molar-refractivity contribution < 1.29 is 9.53 Å². The average molecular weight is 292 g/mol. The van der Waals surface area contributed by atoms with Crippen LogP contribution in [0.3, 0.4) is 0 Å². The molecule has 0 unspecified atom stereocenters. The van der Waals surface area contributed by atoms with Crippen molar-refractivity contribution >= 4 is 5.91 Å². The van der Waals surface area contributed by atoms with Gasteiger partial charge in [-0.05, 0) is 20.3 Å². The van der Waals surface area contributed by atoms with Gasteiger partial charge in [0.05, 0.1) is 18.8 Å². The molecular formula is C15H24N4O2. The third-order valence-corrected chi connectivity index (χ3v) is 4.59. The maximum Gasteiger partial charge on any atom is 0.289 e. The number of morpholine rings is 1. The van der Waals surface area contributed by atoms with Gasteiger partial charge in [-0.25, -0.2) is 4.98 Å². The number of fused-ring (bicyclic) bond motifs is 1. The van der Waals surface area contributed by atoms with Gasteiger partial charge in [0.2, 0.25) is 0 Å². The molecule has 0 N–H and O–H groups in total. The van der Waals surface area contributed by atoms with Crippen molar-refractivity contribution in [1.29, 1.82) is 0 Å². The summed E-state index contributed by atoms with van der Waals surface area (Å²) in [5, 5.41) is 0. The highest BCUT2D eigenvalue weighted by Gasteiger charge is 2.39. The number of hydrogen-bond acceptors (Lipinski definition) is 4. The monoisotopic (exact) mass is 292 g/mol. The van der Waals surface area contributed by atoms with Crippen LogP contribution in [0.1, 0.15) is 30.9 Å². The van der Waals surface area contributed by atoms with E-state index >= 15 is 0 Å². The first kappa shape index (κ1) is 14.5. The van der Waals surface area contributed by atoms with Crippen LogP contribution in [-0.4, -0.2) is 69.7 Å². The molecule has 3 rings (SSSR count). The third-order valence-electron chi connectivity index (χ3n) is 4.59. The van der Waals surface area contributed by atoms with Gasteiger partial charge in [-0.1, -0.05) is 0 Å². The molecule has 1 aromatic rings. The minimum Gasteiger partial charge on any atom is -0.375 e. The van der Waals surface area contributed by atoms with Gasteiger partial charge in [-0.2, -0.15) is 0 Å². The topological polar surface area (TPSA) is 50.6 Å². The molecule has 2 saturated heterocycles. The first-order valence-corrected chi connectivity index (χ1v) is 7.72. The van der Waals surface area contributed by atoms with Crippen LogP contribution >= 0.6 is 0 Å². The Morgan fingerprint density at radius 2 is 2.24 bits per heavy atom. The number of rotatable bonds is 2. The second kappa shape index (κ2) is 5.77.